The Labute approximate surface area is 163 Å². The standard InChI is InChI=1S/C21H23N3O2S/c1-27-17-6-4-16(5-7-17)23-19(25)18-13-21(18)8-11-24(12-9-21)20(26)15-3-2-10-22-14-15/h2-7,10,14,18H,8-9,11-13H2,1H3,(H,23,25)/t18-/m1/s1. The normalized spacial score (nSPS) is 20.3. The maximum atomic E-state index is 12.6. The zero-order valence-corrected chi connectivity index (χ0v) is 16.2. The van der Waals surface area contributed by atoms with E-state index in [1.54, 1.807) is 36.3 Å². The van der Waals surface area contributed by atoms with Crippen molar-refractivity contribution < 1.29 is 9.59 Å². The Bertz CT molecular complexity index is 830. The van der Waals surface area contributed by atoms with E-state index in [0.29, 0.717) is 18.7 Å². The summed E-state index contributed by atoms with van der Waals surface area (Å²) in [5.74, 6) is 0.209. The Morgan fingerprint density at radius 3 is 2.56 bits per heavy atom. The van der Waals surface area contributed by atoms with E-state index < -0.39 is 0 Å². The molecule has 1 spiro atoms. The molecule has 6 heteroatoms. The van der Waals surface area contributed by atoms with Crippen molar-refractivity contribution in [2.24, 2.45) is 11.3 Å². The number of carbonyl (C=O) groups excluding carboxylic acids is 2. The summed E-state index contributed by atoms with van der Waals surface area (Å²) in [5.41, 5.74) is 1.56. The number of rotatable bonds is 4. The van der Waals surface area contributed by atoms with Gasteiger partial charge in [-0.15, -0.1) is 11.8 Å². The van der Waals surface area contributed by atoms with Crippen LogP contribution in [0.1, 0.15) is 29.6 Å². The molecule has 2 aromatic rings. The minimum atomic E-state index is 0.0356. The minimum Gasteiger partial charge on any atom is -0.339 e. The average Bonchev–Trinajstić information content (AvgIpc) is 3.42. The highest BCUT2D eigenvalue weighted by molar-refractivity contribution is 7.98. The summed E-state index contributed by atoms with van der Waals surface area (Å²) in [4.78, 5) is 32.3. The quantitative estimate of drug-likeness (QED) is 0.821. The van der Waals surface area contributed by atoms with Crippen LogP contribution in [0.2, 0.25) is 0 Å². The first-order valence-electron chi connectivity index (χ1n) is 9.25. The van der Waals surface area contributed by atoms with Crippen LogP contribution in [0.15, 0.2) is 53.7 Å². The van der Waals surface area contributed by atoms with Crippen LogP contribution in [-0.4, -0.2) is 41.0 Å². The average molecular weight is 382 g/mol. The number of piperidine rings is 1. The Kier molecular flexibility index (Phi) is 4.91. The fraction of sp³-hybridized carbons (Fsp3) is 0.381. The fourth-order valence-corrected chi connectivity index (χ4v) is 4.41. The predicted octanol–water partition coefficient (Wildman–Crippen LogP) is 3.68. The molecular formula is C21H23N3O2S. The zero-order valence-electron chi connectivity index (χ0n) is 15.4. The molecule has 5 nitrogen and oxygen atoms in total. The van der Waals surface area contributed by atoms with Gasteiger partial charge in [0.05, 0.1) is 5.56 Å². The van der Waals surface area contributed by atoms with Gasteiger partial charge in [-0.1, -0.05) is 0 Å². The van der Waals surface area contributed by atoms with E-state index in [4.69, 9.17) is 0 Å². The number of amides is 2. The molecule has 1 aliphatic carbocycles. The highest BCUT2D eigenvalue weighted by atomic mass is 32.2. The third-order valence-electron chi connectivity index (χ3n) is 5.82. The summed E-state index contributed by atoms with van der Waals surface area (Å²) in [7, 11) is 0. The van der Waals surface area contributed by atoms with E-state index in [9.17, 15) is 9.59 Å². The summed E-state index contributed by atoms with van der Waals surface area (Å²) < 4.78 is 0. The molecular weight excluding hydrogens is 358 g/mol. The van der Waals surface area contributed by atoms with Crippen molar-refractivity contribution in [3.05, 3.63) is 54.4 Å². The number of carbonyl (C=O) groups is 2. The van der Waals surface area contributed by atoms with E-state index in [-0.39, 0.29) is 23.1 Å². The smallest absolute Gasteiger partial charge is 0.255 e. The number of nitrogens with one attached hydrogen (secondary N) is 1. The molecule has 2 aliphatic rings. The van der Waals surface area contributed by atoms with Gasteiger partial charge in [-0.2, -0.15) is 0 Å². The van der Waals surface area contributed by atoms with Gasteiger partial charge in [0.1, 0.15) is 0 Å². The third kappa shape index (κ3) is 3.72. The molecule has 2 fully saturated rings. The number of anilines is 1. The number of benzene rings is 1. The highest BCUT2D eigenvalue weighted by Crippen LogP contribution is 2.59. The first kappa shape index (κ1) is 18.0. The van der Waals surface area contributed by atoms with Crippen LogP contribution in [0.25, 0.3) is 0 Å². The molecule has 0 unspecified atom stereocenters. The van der Waals surface area contributed by atoms with Crippen LogP contribution in [0.4, 0.5) is 5.69 Å². The number of hydrogen-bond acceptors (Lipinski definition) is 4. The maximum absolute atomic E-state index is 12.6. The van der Waals surface area contributed by atoms with E-state index in [2.05, 4.69) is 10.3 Å². The van der Waals surface area contributed by atoms with Crippen molar-refractivity contribution in [2.45, 2.75) is 24.2 Å². The van der Waals surface area contributed by atoms with Crippen molar-refractivity contribution in [3.63, 3.8) is 0 Å². The van der Waals surface area contributed by atoms with E-state index in [1.807, 2.05) is 35.4 Å². The molecule has 0 radical (unpaired) electrons. The molecule has 1 atom stereocenters. The first-order chi connectivity index (χ1) is 13.1. The number of likely N-dealkylation sites (tertiary alicyclic amines) is 1. The lowest BCUT2D eigenvalue weighted by atomic mass is 9.90. The highest BCUT2D eigenvalue weighted by Gasteiger charge is 2.58. The molecule has 1 aromatic heterocycles. The zero-order chi connectivity index (χ0) is 18.9. The maximum Gasteiger partial charge on any atom is 0.255 e. The van der Waals surface area contributed by atoms with Gasteiger partial charge in [0.15, 0.2) is 0 Å². The number of nitrogens with zero attached hydrogens (tertiary/aromatic N) is 2. The minimum absolute atomic E-state index is 0.0356. The van der Waals surface area contributed by atoms with Gasteiger partial charge in [-0.3, -0.25) is 14.6 Å². The Morgan fingerprint density at radius 2 is 1.93 bits per heavy atom. The third-order valence-corrected chi connectivity index (χ3v) is 6.56. The molecule has 2 amide bonds. The molecule has 1 N–H and O–H groups in total. The molecule has 1 saturated carbocycles. The molecule has 4 rings (SSSR count). The van der Waals surface area contributed by atoms with E-state index in [0.717, 1.165) is 24.9 Å². The van der Waals surface area contributed by atoms with Crippen LogP contribution >= 0.6 is 11.8 Å². The lowest BCUT2D eigenvalue weighted by molar-refractivity contribution is -0.118. The van der Waals surface area contributed by atoms with Crippen LogP contribution in [0.3, 0.4) is 0 Å². The second-order valence-electron chi connectivity index (χ2n) is 7.37. The van der Waals surface area contributed by atoms with Crippen LogP contribution in [-0.2, 0) is 4.79 Å². The number of aromatic nitrogens is 1. The lowest BCUT2D eigenvalue weighted by Crippen LogP contribution is -2.40. The largest absolute Gasteiger partial charge is 0.339 e. The van der Waals surface area contributed by atoms with Crippen LogP contribution in [0, 0.1) is 11.3 Å². The summed E-state index contributed by atoms with van der Waals surface area (Å²) in [5, 5.41) is 3.05. The second kappa shape index (κ2) is 7.35. The molecule has 1 aliphatic heterocycles. The van der Waals surface area contributed by atoms with Crippen LogP contribution < -0.4 is 5.32 Å². The number of thioether (sulfide) groups is 1. The molecule has 1 saturated heterocycles. The summed E-state index contributed by atoms with van der Waals surface area (Å²) in [6, 6.07) is 11.5. The van der Waals surface area contributed by atoms with Gasteiger partial charge in [0.2, 0.25) is 5.91 Å². The van der Waals surface area contributed by atoms with Crippen LogP contribution in [0.5, 0.6) is 0 Å². The predicted molar refractivity (Wildman–Crippen MR) is 107 cm³/mol. The van der Waals surface area contributed by atoms with Gasteiger partial charge in [-0.05, 0) is 67.3 Å². The Hall–Kier alpha value is -2.34. The van der Waals surface area contributed by atoms with E-state index >= 15 is 0 Å². The van der Waals surface area contributed by atoms with Crippen molar-refractivity contribution in [2.75, 3.05) is 24.7 Å². The van der Waals surface area contributed by atoms with Gasteiger partial charge >= 0.3 is 0 Å². The molecule has 2 heterocycles. The second-order valence-corrected chi connectivity index (χ2v) is 8.25. The number of pyridine rings is 1. The van der Waals surface area contributed by atoms with Gasteiger partial charge < -0.3 is 10.2 Å². The van der Waals surface area contributed by atoms with Crippen molar-refractivity contribution in [3.8, 4) is 0 Å². The first-order valence-corrected chi connectivity index (χ1v) is 10.5. The Balaban J connectivity index is 1.32. The fourth-order valence-electron chi connectivity index (χ4n) is 4.00. The van der Waals surface area contributed by atoms with Gasteiger partial charge in [0.25, 0.3) is 5.91 Å². The summed E-state index contributed by atoms with van der Waals surface area (Å²) >= 11 is 1.68. The van der Waals surface area contributed by atoms with Crippen molar-refractivity contribution in [1.82, 2.24) is 9.88 Å². The molecule has 1 aromatic carbocycles. The monoisotopic (exact) mass is 381 g/mol. The lowest BCUT2D eigenvalue weighted by Gasteiger charge is -2.32. The van der Waals surface area contributed by atoms with Gasteiger partial charge in [-0.25, -0.2) is 0 Å². The molecule has 140 valence electrons. The van der Waals surface area contributed by atoms with Crippen molar-refractivity contribution in [1.29, 1.82) is 0 Å². The number of hydrogen-bond donors (Lipinski definition) is 1. The van der Waals surface area contributed by atoms with E-state index in [1.165, 1.54) is 4.90 Å². The SMILES string of the molecule is CSc1ccc(NC(=O)[C@H]2CC23CCN(C(=O)c2cccnc2)CC3)cc1. The Morgan fingerprint density at radius 1 is 1.19 bits per heavy atom. The summed E-state index contributed by atoms with van der Waals surface area (Å²) in [6.07, 6.45) is 8.03. The summed E-state index contributed by atoms with van der Waals surface area (Å²) in [6.45, 7) is 1.42. The molecule has 27 heavy (non-hydrogen) atoms. The van der Waals surface area contributed by atoms with Gasteiger partial charge in [0, 0.05) is 42.0 Å². The topological polar surface area (TPSA) is 62.3 Å². The van der Waals surface area contributed by atoms with Crippen molar-refractivity contribution >= 4 is 29.3 Å². The molecule has 0 bridgehead atoms.